The van der Waals surface area contributed by atoms with Crippen LogP contribution in [-0.4, -0.2) is 11.1 Å². The van der Waals surface area contributed by atoms with Gasteiger partial charge in [-0.25, -0.2) is 4.79 Å². The lowest BCUT2D eigenvalue weighted by molar-refractivity contribution is 0.262. The van der Waals surface area contributed by atoms with Crippen LogP contribution in [0.15, 0.2) is 91.0 Å². The summed E-state index contributed by atoms with van der Waals surface area (Å²) in [5.41, 5.74) is 3.80. The van der Waals surface area contributed by atoms with Gasteiger partial charge in [0, 0.05) is 11.1 Å². The number of urea groups is 1. The van der Waals surface area contributed by atoms with Crippen molar-refractivity contribution in [1.82, 2.24) is 0 Å². The number of amides is 2. The summed E-state index contributed by atoms with van der Waals surface area (Å²) in [7, 11) is 0. The van der Waals surface area contributed by atoms with Crippen LogP contribution in [-0.2, 0) is 6.42 Å². The summed E-state index contributed by atoms with van der Waals surface area (Å²) in [6, 6.07) is 28.5. The number of carbonyl (C=O) groups excluding carboxylic acids is 1. The summed E-state index contributed by atoms with van der Waals surface area (Å²) in [6.45, 7) is 0. The van der Waals surface area contributed by atoms with E-state index in [-0.39, 0.29) is 11.8 Å². The van der Waals surface area contributed by atoms with E-state index in [2.05, 4.69) is 22.8 Å². The fourth-order valence-corrected chi connectivity index (χ4v) is 3.19. The van der Waals surface area contributed by atoms with E-state index in [0.29, 0.717) is 5.69 Å². The molecule has 0 aliphatic heterocycles. The van der Waals surface area contributed by atoms with Gasteiger partial charge in [-0.1, -0.05) is 60.7 Å². The average molecular weight is 368 g/mol. The van der Waals surface area contributed by atoms with E-state index in [1.807, 2.05) is 66.7 Å². The molecular weight excluding hydrogens is 348 g/mol. The summed E-state index contributed by atoms with van der Waals surface area (Å²) in [6.07, 6.45) is 0.854. The average Bonchev–Trinajstić information content (AvgIpc) is 2.71. The molecular formula is C24H20N2O2. The van der Waals surface area contributed by atoms with E-state index in [4.69, 9.17) is 0 Å². The Labute approximate surface area is 163 Å². The van der Waals surface area contributed by atoms with Gasteiger partial charge >= 0.3 is 6.03 Å². The number of hydrogen-bond acceptors (Lipinski definition) is 2. The fraction of sp³-hybridized carbons (Fsp3) is 0.0417. The van der Waals surface area contributed by atoms with E-state index in [0.717, 1.165) is 22.9 Å². The molecule has 0 aliphatic carbocycles. The molecule has 0 spiro atoms. The van der Waals surface area contributed by atoms with E-state index in [9.17, 15) is 9.90 Å². The summed E-state index contributed by atoms with van der Waals surface area (Å²) in [4.78, 5) is 12.4. The lowest BCUT2D eigenvalue weighted by Gasteiger charge is -2.11. The molecule has 0 fully saturated rings. The molecule has 4 rings (SSSR count). The largest absolute Gasteiger partial charge is 0.508 e. The molecule has 4 aromatic carbocycles. The summed E-state index contributed by atoms with van der Waals surface area (Å²) in [5, 5.41) is 17.2. The SMILES string of the molecule is O=C(Nc1ccc(Cc2ccccc2)cc1)Nc1cccc2ccc(O)cc12. The highest BCUT2D eigenvalue weighted by Crippen LogP contribution is 2.27. The van der Waals surface area contributed by atoms with Gasteiger partial charge in [0.2, 0.25) is 0 Å². The third-order valence-corrected chi connectivity index (χ3v) is 4.58. The van der Waals surface area contributed by atoms with Crippen LogP contribution >= 0.6 is 0 Å². The lowest BCUT2D eigenvalue weighted by Crippen LogP contribution is -2.19. The normalized spacial score (nSPS) is 10.6. The highest BCUT2D eigenvalue weighted by Gasteiger charge is 2.07. The number of phenolic OH excluding ortho intramolecular Hbond substituents is 1. The number of anilines is 2. The lowest BCUT2D eigenvalue weighted by atomic mass is 10.0. The monoisotopic (exact) mass is 368 g/mol. The first-order valence-corrected chi connectivity index (χ1v) is 9.10. The first kappa shape index (κ1) is 17.6. The minimum absolute atomic E-state index is 0.163. The van der Waals surface area contributed by atoms with Gasteiger partial charge in [0.05, 0.1) is 5.69 Å². The highest BCUT2D eigenvalue weighted by atomic mass is 16.3. The zero-order valence-corrected chi connectivity index (χ0v) is 15.2. The van der Waals surface area contributed by atoms with Gasteiger partial charge in [-0.2, -0.15) is 0 Å². The first-order chi connectivity index (χ1) is 13.7. The number of phenols is 1. The van der Waals surface area contributed by atoms with Gasteiger partial charge in [0.15, 0.2) is 0 Å². The van der Waals surface area contributed by atoms with Crippen LogP contribution in [0.25, 0.3) is 10.8 Å². The van der Waals surface area contributed by atoms with Crippen LogP contribution in [0, 0.1) is 0 Å². The number of rotatable bonds is 4. The molecule has 0 saturated carbocycles. The van der Waals surface area contributed by atoms with E-state index in [1.54, 1.807) is 12.1 Å². The second-order valence-corrected chi connectivity index (χ2v) is 6.65. The van der Waals surface area contributed by atoms with Crippen molar-refractivity contribution >= 4 is 28.2 Å². The Kier molecular flexibility index (Phi) is 4.93. The maximum Gasteiger partial charge on any atom is 0.323 e. The molecule has 3 N–H and O–H groups in total. The Morgan fingerprint density at radius 3 is 2.29 bits per heavy atom. The maximum absolute atomic E-state index is 12.4. The molecule has 4 aromatic rings. The smallest absolute Gasteiger partial charge is 0.323 e. The predicted molar refractivity (Wildman–Crippen MR) is 114 cm³/mol. The molecule has 138 valence electrons. The summed E-state index contributed by atoms with van der Waals surface area (Å²) < 4.78 is 0. The van der Waals surface area contributed by atoms with Gasteiger partial charge in [0.25, 0.3) is 0 Å². The molecule has 0 heterocycles. The molecule has 0 unspecified atom stereocenters. The maximum atomic E-state index is 12.4. The van der Waals surface area contributed by atoms with Gasteiger partial charge in [-0.05, 0) is 53.3 Å². The predicted octanol–water partition coefficient (Wildman–Crippen LogP) is 5.78. The molecule has 0 atom stereocenters. The van der Waals surface area contributed by atoms with Crippen molar-refractivity contribution < 1.29 is 9.90 Å². The van der Waals surface area contributed by atoms with Crippen molar-refractivity contribution in [1.29, 1.82) is 0 Å². The van der Waals surface area contributed by atoms with E-state index in [1.165, 1.54) is 11.1 Å². The molecule has 0 radical (unpaired) electrons. The van der Waals surface area contributed by atoms with Gasteiger partial charge in [0.1, 0.15) is 5.75 Å². The third-order valence-electron chi connectivity index (χ3n) is 4.58. The Balaban J connectivity index is 1.43. The van der Waals surface area contributed by atoms with Crippen LogP contribution in [0.4, 0.5) is 16.2 Å². The molecule has 0 aliphatic rings. The van der Waals surface area contributed by atoms with Crippen LogP contribution in [0.2, 0.25) is 0 Å². The minimum Gasteiger partial charge on any atom is -0.508 e. The molecule has 0 bridgehead atoms. The summed E-state index contributed by atoms with van der Waals surface area (Å²) in [5.74, 6) is 0.163. The number of fused-ring (bicyclic) bond motifs is 1. The Morgan fingerprint density at radius 1 is 0.750 bits per heavy atom. The van der Waals surface area contributed by atoms with Crippen LogP contribution in [0.1, 0.15) is 11.1 Å². The van der Waals surface area contributed by atoms with Crippen molar-refractivity contribution in [3.05, 3.63) is 102 Å². The second-order valence-electron chi connectivity index (χ2n) is 6.65. The Bertz CT molecular complexity index is 1110. The van der Waals surface area contributed by atoms with Crippen LogP contribution in [0.5, 0.6) is 5.75 Å². The topological polar surface area (TPSA) is 61.4 Å². The van der Waals surface area contributed by atoms with Crippen molar-refractivity contribution in [3.63, 3.8) is 0 Å². The number of benzene rings is 4. The number of aromatic hydroxyl groups is 1. The zero-order chi connectivity index (χ0) is 19.3. The minimum atomic E-state index is -0.327. The summed E-state index contributed by atoms with van der Waals surface area (Å²) >= 11 is 0. The van der Waals surface area contributed by atoms with Crippen molar-refractivity contribution in [3.8, 4) is 5.75 Å². The molecule has 4 heteroatoms. The van der Waals surface area contributed by atoms with Gasteiger partial charge in [-0.3, -0.25) is 0 Å². The molecule has 28 heavy (non-hydrogen) atoms. The second kappa shape index (κ2) is 7.84. The Morgan fingerprint density at radius 2 is 1.50 bits per heavy atom. The molecule has 2 amide bonds. The quantitative estimate of drug-likeness (QED) is 0.427. The Hall–Kier alpha value is -3.79. The fourth-order valence-electron chi connectivity index (χ4n) is 3.19. The van der Waals surface area contributed by atoms with Crippen molar-refractivity contribution in [2.24, 2.45) is 0 Å². The number of carbonyl (C=O) groups is 1. The standard InChI is InChI=1S/C24H20N2O2/c27-21-14-11-19-7-4-8-23(22(19)16-21)26-24(28)25-20-12-9-18(10-13-20)15-17-5-2-1-3-6-17/h1-14,16,27H,15H2,(H2,25,26,28). The number of nitrogens with one attached hydrogen (secondary N) is 2. The van der Waals surface area contributed by atoms with E-state index >= 15 is 0 Å². The zero-order valence-electron chi connectivity index (χ0n) is 15.2. The van der Waals surface area contributed by atoms with E-state index < -0.39 is 0 Å². The van der Waals surface area contributed by atoms with Crippen LogP contribution < -0.4 is 10.6 Å². The van der Waals surface area contributed by atoms with Crippen molar-refractivity contribution in [2.45, 2.75) is 6.42 Å². The van der Waals surface area contributed by atoms with Crippen LogP contribution in [0.3, 0.4) is 0 Å². The van der Waals surface area contributed by atoms with Crippen molar-refractivity contribution in [2.75, 3.05) is 10.6 Å². The van der Waals surface area contributed by atoms with Gasteiger partial charge < -0.3 is 15.7 Å². The third kappa shape index (κ3) is 4.13. The molecule has 4 nitrogen and oxygen atoms in total. The van der Waals surface area contributed by atoms with Gasteiger partial charge in [-0.15, -0.1) is 0 Å². The molecule has 0 aromatic heterocycles. The number of hydrogen-bond donors (Lipinski definition) is 3. The first-order valence-electron chi connectivity index (χ1n) is 9.10. The molecule has 0 saturated heterocycles. The highest BCUT2D eigenvalue weighted by molar-refractivity contribution is 6.06.